The molecular weight excluding hydrogens is 260 g/mol. The first-order chi connectivity index (χ1) is 9.14. The van der Waals surface area contributed by atoms with Crippen LogP contribution < -0.4 is 10.6 Å². The number of carboxylic acids is 1. The van der Waals surface area contributed by atoms with Crippen molar-refractivity contribution in [2.24, 2.45) is 0 Å². The Hall–Kier alpha value is -1.30. The van der Waals surface area contributed by atoms with E-state index < -0.39 is 17.7 Å². The zero-order valence-electron chi connectivity index (χ0n) is 13.2. The van der Waals surface area contributed by atoms with Crippen LogP contribution in [0.5, 0.6) is 0 Å². The van der Waals surface area contributed by atoms with E-state index in [1.54, 1.807) is 0 Å². The van der Waals surface area contributed by atoms with Crippen molar-refractivity contribution in [1.29, 1.82) is 0 Å². The molecule has 0 aromatic carbocycles. The number of carbonyl (C=O) groups is 2. The Morgan fingerprint density at radius 3 is 2.35 bits per heavy atom. The predicted molar refractivity (Wildman–Crippen MR) is 77.8 cm³/mol. The fourth-order valence-electron chi connectivity index (χ4n) is 1.67. The standard InChI is InChI=1S/C14H28N2O4/c1-6-11(16-10(2)7-8-12(17)18)9-15-13(19)20-14(3,4)5/h10-11,16H,6-9H2,1-5H3,(H,15,19)(H,17,18). The maximum Gasteiger partial charge on any atom is 0.407 e. The number of aliphatic carboxylic acids is 1. The fourth-order valence-corrected chi connectivity index (χ4v) is 1.67. The van der Waals surface area contributed by atoms with Crippen LogP contribution in [0.2, 0.25) is 0 Å². The lowest BCUT2D eigenvalue weighted by Crippen LogP contribution is -2.45. The average Bonchev–Trinajstić information content (AvgIpc) is 2.29. The highest BCUT2D eigenvalue weighted by Gasteiger charge is 2.17. The summed E-state index contributed by atoms with van der Waals surface area (Å²) in [5.74, 6) is -0.793. The summed E-state index contributed by atoms with van der Waals surface area (Å²) in [7, 11) is 0. The Bertz CT molecular complexity index is 313. The van der Waals surface area contributed by atoms with E-state index in [4.69, 9.17) is 9.84 Å². The normalized spacial score (nSPS) is 14.4. The van der Waals surface area contributed by atoms with Gasteiger partial charge in [-0.3, -0.25) is 4.79 Å². The lowest BCUT2D eigenvalue weighted by molar-refractivity contribution is -0.137. The molecule has 0 aromatic heterocycles. The van der Waals surface area contributed by atoms with Crippen molar-refractivity contribution in [3.63, 3.8) is 0 Å². The van der Waals surface area contributed by atoms with E-state index >= 15 is 0 Å². The van der Waals surface area contributed by atoms with E-state index in [9.17, 15) is 9.59 Å². The monoisotopic (exact) mass is 288 g/mol. The van der Waals surface area contributed by atoms with Gasteiger partial charge in [0.25, 0.3) is 0 Å². The molecule has 0 saturated heterocycles. The minimum atomic E-state index is -0.793. The van der Waals surface area contributed by atoms with E-state index in [0.29, 0.717) is 13.0 Å². The Labute approximate surface area is 121 Å². The fraction of sp³-hybridized carbons (Fsp3) is 0.857. The van der Waals surface area contributed by atoms with Gasteiger partial charge in [-0.1, -0.05) is 6.92 Å². The lowest BCUT2D eigenvalue weighted by Gasteiger charge is -2.24. The maximum absolute atomic E-state index is 11.5. The molecule has 6 nitrogen and oxygen atoms in total. The number of nitrogens with one attached hydrogen (secondary N) is 2. The van der Waals surface area contributed by atoms with Crippen LogP contribution in [-0.2, 0) is 9.53 Å². The minimum Gasteiger partial charge on any atom is -0.481 e. The van der Waals surface area contributed by atoms with Crippen LogP contribution in [-0.4, -0.2) is 41.4 Å². The van der Waals surface area contributed by atoms with Crippen LogP contribution in [0.25, 0.3) is 0 Å². The van der Waals surface area contributed by atoms with E-state index in [1.807, 2.05) is 34.6 Å². The molecule has 0 aliphatic rings. The number of carbonyl (C=O) groups excluding carboxylic acids is 1. The summed E-state index contributed by atoms with van der Waals surface area (Å²) in [6.45, 7) is 9.86. The molecule has 0 saturated carbocycles. The zero-order chi connectivity index (χ0) is 15.8. The van der Waals surface area contributed by atoms with Gasteiger partial charge in [0.05, 0.1) is 0 Å². The van der Waals surface area contributed by atoms with Crippen LogP contribution in [0, 0.1) is 0 Å². The summed E-state index contributed by atoms with van der Waals surface area (Å²) < 4.78 is 5.16. The smallest absolute Gasteiger partial charge is 0.407 e. The summed E-state index contributed by atoms with van der Waals surface area (Å²) in [6.07, 6.45) is 1.12. The Morgan fingerprint density at radius 1 is 1.30 bits per heavy atom. The topological polar surface area (TPSA) is 87.7 Å². The number of hydrogen-bond donors (Lipinski definition) is 3. The van der Waals surface area contributed by atoms with Crippen molar-refractivity contribution in [1.82, 2.24) is 10.6 Å². The van der Waals surface area contributed by atoms with Gasteiger partial charge in [-0.2, -0.15) is 0 Å². The SMILES string of the molecule is CCC(CNC(=O)OC(C)(C)C)NC(C)CCC(=O)O. The van der Waals surface area contributed by atoms with Gasteiger partial charge in [-0.25, -0.2) is 4.79 Å². The van der Waals surface area contributed by atoms with Crippen molar-refractivity contribution >= 4 is 12.1 Å². The number of hydrogen-bond acceptors (Lipinski definition) is 4. The molecule has 0 heterocycles. The van der Waals surface area contributed by atoms with Crippen molar-refractivity contribution in [3.8, 4) is 0 Å². The van der Waals surface area contributed by atoms with E-state index in [-0.39, 0.29) is 18.5 Å². The molecule has 6 heteroatoms. The predicted octanol–water partition coefficient (Wildman–Crippen LogP) is 2.13. The Kier molecular flexibility index (Phi) is 8.22. The van der Waals surface area contributed by atoms with Crippen LogP contribution in [0.3, 0.4) is 0 Å². The summed E-state index contributed by atoms with van der Waals surface area (Å²) in [6, 6.07) is 0.197. The van der Waals surface area contributed by atoms with Gasteiger partial charge in [0.1, 0.15) is 5.60 Å². The van der Waals surface area contributed by atoms with E-state index in [2.05, 4.69) is 10.6 Å². The zero-order valence-corrected chi connectivity index (χ0v) is 13.2. The van der Waals surface area contributed by atoms with Crippen LogP contribution in [0.1, 0.15) is 53.9 Å². The quantitative estimate of drug-likeness (QED) is 0.637. The lowest BCUT2D eigenvalue weighted by atomic mass is 10.1. The first kappa shape index (κ1) is 18.7. The largest absolute Gasteiger partial charge is 0.481 e. The third-order valence-corrected chi connectivity index (χ3v) is 2.70. The van der Waals surface area contributed by atoms with E-state index in [1.165, 1.54) is 0 Å². The molecule has 1 amide bonds. The van der Waals surface area contributed by atoms with E-state index in [0.717, 1.165) is 6.42 Å². The highest BCUT2D eigenvalue weighted by Crippen LogP contribution is 2.06. The molecule has 3 N–H and O–H groups in total. The maximum atomic E-state index is 11.5. The molecule has 0 spiro atoms. The van der Waals surface area contributed by atoms with Crippen molar-refractivity contribution in [2.75, 3.05) is 6.54 Å². The van der Waals surface area contributed by atoms with Crippen molar-refractivity contribution in [2.45, 2.75) is 71.6 Å². The first-order valence-electron chi connectivity index (χ1n) is 7.08. The molecule has 2 atom stereocenters. The molecule has 20 heavy (non-hydrogen) atoms. The van der Waals surface area contributed by atoms with Gasteiger partial charge in [0.15, 0.2) is 0 Å². The number of carboxylic acid groups (broad SMARTS) is 1. The van der Waals surface area contributed by atoms with Crippen LogP contribution in [0.4, 0.5) is 4.79 Å². The summed E-state index contributed by atoms with van der Waals surface area (Å²) in [5, 5.41) is 14.7. The molecule has 0 aliphatic carbocycles. The summed E-state index contributed by atoms with van der Waals surface area (Å²) in [5.41, 5.74) is -0.506. The molecule has 0 rings (SSSR count). The number of amides is 1. The van der Waals surface area contributed by atoms with Gasteiger partial charge in [0, 0.05) is 25.0 Å². The molecule has 118 valence electrons. The van der Waals surface area contributed by atoms with Gasteiger partial charge in [0.2, 0.25) is 0 Å². The third-order valence-electron chi connectivity index (χ3n) is 2.70. The number of ether oxygens (including phenoxy) is 1. The molecule has 0 fully saturated rings. The van der Waals surface area contributed by atoms with Crippen LogP contribution >= 0.6 is 0 Å². The second kappa shape index (κ2) is 8.79. The molecule has 0 radical (unpaired) electrons. The molecule has 0 aliphatic heterocycles. The number of rotatable bonds is 8. The first-order valence-corrected chi connectivity index (χ1v) is 7.08. The van der Waals surface area contributed by atoms with Gasteiger partial charge < -0.3 is 20.5 Å². The number of alkyl carbamates (subject to hydrolysis) is 1. The summed E-state index contributed by atoms with van der Waals surface area (Å²) in [4.78, 5) is 22.0. The summed E-state index contributed by atoms with van der Waals surface area (Å²) >= 11 is 0. The second-order valence-corrected chi connectivity index (χ2v) is 5.99. The molecule has 0 aromatic rings. The second-order valence-electron chi connectivity index (χ2n) is 5.99. The Morgan fingerprint density at radius 2 is 1.90 bits per heavy atom. The van der Waals surface area contributed by atoms with Gasteiger partial charge in [-0.15, -0.1) is 0 Å². The Balaban J connectivity index is 4.03. The third kappa shape index (κ3) is 10.6. The van der Waals surface area contributed by atoms with Gasteiger partial charge in [-0.05, 0) is 40.5 Å². The van der Waals surface area contributed by atoms with Crippen molar-refractivity contribution in [3.05, 3.63) is 0 Å². The highest BCUT2D eigenvalue weighted by molar-refractivity contribution is 5.67. The van der Waals surface area contributed by atoms with Crippen LogP contribution in [0.15, 0.2) is 0 Å². The average molecular weight is 288 g/mol. The van der Waals surface area contributed by atoms with Crippen molar-refractivity contribution < 1.29 is 19.4 Å². The van der Waals surface area contributed by atoms with Gasteiger partial charge >= 0.3 is 12.1 Å². The molecule has 0 bridgehead atoms. The molecule has 2 unspecified atom stereocenters. The minimum absolute atomic E-state index is 0.0940. The molecular formula is C14H28N2O4. The highest BCUT2D eigenvalue weighted by atomic mass is 16.6.